The van der Waals surface area contributed by atoms with E-state index in [0.29, 0.717) is 29.0 Å². The highest BCUT2D eigenvalue weighted by Crippen LogP contribution is 2.14. The van der Waals surface area contributed by atoms with E-state index in [4.69, 9.17) is 11.6 Å². The molecule has 0 aliphatic heterocycles. The van der Waals surface area contributed by atoms with Crippen molar-refractivity contribution in [2.75, 3.05) is 18.9 Å². The number of halogens is 1. The first-order chi connectivity index (χ1) is 8.06. The first kappa shape index (κ1) is 13.8. The predicted molar refractivity (Wildman–Crippen MR) is 70.6 cm³/mol. The van der Waals surface area contributed by atoms with E-state index in [1.54, 1.807) is 19.2 Å². The molecular formula is C12H18ClN3O. The molecule has 4 nitrogen and oxygen atoms in total. The Bertz CT molecular complexity index is 395. The Kier molecular flexibility index (Phi) is 5.22. The summed E-state index contributed by atoms with van der Waals surface area (Å²) in [6.45, 7) is 4.86. The third-order valence-electron chi connectivity index (χ3n) is 2.62. The van der Waals surface area contributed by atoms with Gasteiger partial charge in [-0.15, -0.1) is 0 Å². The summed E-state index contributed by atoms with van der Waals surface area (Å²) in [5.74, 6) is 0.942. The summed E-state index contributed by atoms with van der Waals surface area (Å²) in [4.78, 5) is 15.9. The third kappa shape index (κ3) is 4.23. The third-order valence-corrected chi connectivity index (χ3v) is 2.81. The second kappa shape index (κ2) is 6.45. The Morgan fingerprint density at radius 2 is 2.24 bits per heavy atom. The Balaban J connectivity index is 2.71. The van der Waals surface area contributed by atoms with E-state index in [-0.39, 0.29) is 5.91 Å². The number of hydrogen-bond acceptors (Lipinski definition) is 3. The zero-order valence-corrected chi connectivity index (χ0v) is 11.1. The van der Waals surface area contributed by atoms with Gasteiger partial charge in [0.15, 0.2) is 0 Å². The van der Waals surface area contributed by atoms with Gasteiger partial charge in [0, 0.05) is 19.2 Å². The van der Waals surface area contributed by atoms with E-state index in [0.717, 1.165) is 6.42 Å². The van der Waals surface area contributed by atoms with Gasteiger partial charge in [-0.3, -0.25) is 4.79 Å². The molecule has 1 heterocycles. The highest BCUT2D eigenvalue weighted by molar-refractivity contribution is 6.29. The maximum Gasteiger partial charge on any atom is 0.251 e. The normalized spacial score (nSPS) is 12.0. The minimum Gasteiger partial charge on any atom is -0.373 e. The Morgan fingerprint density at radius 3 is 2.82 bits per heavy atom. The van der Waals surface area contributed by atoms with E-state index in [2.05, 4.69) is 29.5 Å². The lowest BCUT2D eigenvalue weighted by Crippen LogP contribution is -2.28. The summed E-state index contributed by atoms with van der Waals surface area (Å²) in [6, 6.07) is 3.24. The Hall–Kier alpha value is -1.29. The zero-order valence-electron chi connectivity index (χ0n) is 10.4. The van der Waals surface area contributed by atoms with E-state index in [1.807, 2.05) is 0 Å². The number of aromatic nitrogens is 1. The van der Waals surface area contributed by atoms with Crippen molar-refractivity contribution in [3.05, 3.63) is 22.8 Å². The molecule has 1 aromatic heterocycles. The van der Waals surface area contributed by atoms with Crippen LogP contribution in [0.25, 0.3) is 0 Å². The molecular weight excluding hydrogens is 238 g/mol. The first-order valence-corrected chi connectivity index (χ1v) is 6.08. The number of nitrogens with one attached hydrogen (secondary N) is 2. The van der Waals surface area contributed by atoms with Crippen LogP contribution in [0.3, 0.4) is 0 Å². The summed E-state index contributed by atoms with van der Waals surface area (Å²) in [5, 5.41) is 6.05. The van der Waals surface area contributed by atoms with Crippen LogP contribution in [0.5, 0.6) is 0 Å². The first-order valence-electron chi connectivity index (χ1n) is 5.70. The van der Waals surface area contributed by atoms with Crippen LogP contribution in [0, 0.1) is 5.92 Å². The van der Waals surface area contributed by atoms with Gasteiger partial charge in [0.05, 0.1) is 0 Å². The molecule has 1 rings (SSSR count). The smallest absolute Gasteiger partial charge is 0.251 e. The molecule has 0 saturated heterocycles. The van der Waals surface area contributed by atoms with Crippen LogP contribution >= 0.6 is 11.6 Å². The number of anilines is 1. The molecule has 0 aliphatic rings. The largest absolute Gasteiger partial charge is 0.373 e. The van der Waals surface area contributed by atoms with Gasteiger partial charge >= 0.3 is 0 Å². The van der Waals surface area contributed by atoms with Crippen molar-refractivity contribution in [1.29, 1.82) is 0 Å². The van der Waals surface area contributed by atoms with Crippen LogP contribution in [-0.2, 0) is 0 Å². The molecule has 94 valence electrons. The standard InChI is InChI=1S/C12H18ClN3O/c1-4-8(2)7-15-12(17)9-5-10(13)16-11(6-9)14-3/h5-6,8H,4,7H2,1-3H3,(H,14,16)(H,15,17). The van der Waals surface area contributed by atoms with E-state index in [1.165, 1.54) is 0 Å². The molecule has 0 fully saturated rings. The van der Waals surface area contributed by atoms with Crippen molar-refractivity contribution in [2.24, 2.45) is 5.92 Å². The minimum absolute atomic E-state index is 0.119. The molecule has 1 amide bonds. The highest BCUT2D eigenvalue weighted by atomic mass is 35.5. The summed E-state index contributed by atoms with van der Waals surface area (Å²) < 4.78 is 0. The van der Waals surface area contributed by atoms with Gasteiger partial charge in [-0.2, -0.15) is 0 Å². The van der Waals surface area contributed by atoms with Crippen LogP contribution in [0.1, 0.15) is 30.6 Å². The van der Waals surface area contributed by atoms with Crippen molar-refractivity contribution in [1.82, 2.24) is 10.3 Å². The Morgan fingerprint density at radius 1 is 1.53 bits per heavy atom. The lowest BCUT2D eigenvalue weighted by atomic mass is 10.1. The second-order valence-corrected chi connectivity index (χ2v) is 4.42. The fraction of sp³-hybridized carbons (Fsp3) is 0.500. The second-order valence-electron chi connectivity index (χ2n) is 4.04. The van der Waals surface area contributed by atoms with E-state index < -0.39 is 0 Å². The van der Waals surface area contributed by atoms with Crippen LogP contribution in [0.4, 0.5) is 5.82 Å². The summed E-state index contributed by atoms with van der Waals surface area (Å²) >= 11 is 5.83. The average Bonchev–Trinajstić information content (AvgIpc) is 2.34. The lowest BCUT2D eigenvalue weighted by molar-refractivity contribution is 0.0948. The predicted octanol–water partition coefficient (Wildman–Crippen LogP) is 2.55. The van der Waals surface area contributed by atoms with Crippen LogP contribution < -0.4 is 10.6 Å². The van der Waals surface area contributed by atoms with Gasteiger partial charge in [0.25, 0.3) is 5.91 Å². The maximum atomic E-state index is 11.9. The topological polar surface area (TPSA) is 54.0 Å². The lowest BCUT2D eigenvalue weighted by Gasteiger charge is -2.10. The molecule has 2 N–H and O–H groups in total. The fourth-order valence-electron chi connectivity index (χ4n) is 1.27. The van der Waals surface area contributed by atoms with E-state index in [9.17, 15) is 4.79 Å². The van der Waals surface area contributed by atoms with Crippen molar-refractivity contribution in [2.45, 2.75) is 20.3 Å². The number of amides is 1. The molecule has 0 saturated carbocycles. The number of hydrogen-bond donors (Lipinski definition) is 2. The molecule has 1 aromatic rings. The number of rotatable bonds is 5. The summed E-state index contributed by atoms with van der Waals surface area (Å²) in [6.07, 6.45) is 1.04. The fourth-order valence-corrected chi connectivity index (χ4v) is 1.48. The molecule has 1 unspecified atom stereocenters. The number of nitrogens with zero attached hydrogens (tertiary/aromatic N) is 1. The Labute approximate surface area is 107 Å². The molecule has 0 aromatic carbocycles. The van der Waals surface area contributed by atoms with Gasteiger partial charge < -0.3 is 10.6 Å². The van der Waals surface area contributed by atoms with Crippen LogP contribution in [0.15, 0.2) is 12.1 Å². The SMILES string of the molecule is CCC(C)CNC(=O)c1cc(Cl)nc(NC)c1. The van der Waals surface area contributed by atoms with Crippen LogP contribution in [-0.4, -0.2) is 24.5 Å². The van der Waals surface area contributed by atoms with E-state index >= 15 is 0 Å². The molecule has 0 aliphatic carbocycles. The quantitative estimate of drug-likeness (QED) is 0.795. The molecule has 5 heteroatoms. The van der Waals surface area contributed by atoms with Gasteiger partial charge in [0.2, 0.25) is 0 Å². The summed E-state index contributed by atoms with van der Waals surface area (Å²) in [5.41, 5.74) is 0.526. The molecule has 1 atom stereocenters. The zero-order chi connectivity index (χ0) is 12.8. The van der Waals surface area contributed by atoms with Gasteiger partial charge in [-0.1, -0.05) is 31.9 Å². The minimum atomic E-state index is -0.119. The monoisotopic (exact) mass is 255 g/mol. The molecule has 0 bridgehead atoms. The molecule has 17 heavy (non-hydrogen) atoms. The van der Waals surface area contributed by atoms with Gasteiger partial charge in [-0.05, 0) is 18.1 Å². The van der Waals surface area contributed by atoms with Crippen LogP contribution in [0.2, 0.25) is 5.15 Å². The maximum absolute atomic E-state index is 11.9. The highest BCUT2D eigenvalue weighted by Gasteiger charge is 2.09. The average molecular weight is 256 g/mol. The molecule has 0 radical (unpaired) electrons. The van der Waals surface area contributed by atoms with Gasteiger partial charge in [0.1, 0.15) is 11.0 Å². The van der Waals surface area contributed by atoms with Crippen molar-refractivity contribution in [3.63, 3.8) is 0 Å². The summed E-state index contributed by atoms with van der Waals surface area (Å²) in [7, 11) is 1.74. The molecule has 0 spiro atoms. The number of carbonyl (C=O) groups is 1. The van der Waals surface area contributed by atoms with Crippen molar-refractivity contribution in [3.8, 4) is 0 Å². The number of carbonyl (C=O) groups excluding carboxylic acids is 1. The van der Waals surface area contributed by atoms with Gasteiger partial charge in [-0.25, -0.2) is 4.98 Å². The number of pyridine rings is 1. The van der Waals surface area contributed by atoms with Crippen molar-refractivity contribution >= 4 is 23.3 Å². The van der Waals surface area contributed by atoms with Crippen molar-refractivity contribution < 1.29 is 4.79 Å².